The molecule has 0 N–H and O–H groups in total. The predicted molar refractivity (Wildman–Crippen MR) is 149 cm³/mol. The summed E-state index contributed by atoms with van der Waals surface area (Å²) < 4.78 is 2.47. The van der Waals surface area contributed by atoms with Crippen LogP contribution in [0, 0.1) is 0 Å². The SMILES string of the molecule is CCCCCCCCCCCCCCCCCc1nc2ccccc2n1CCCN(C)C.Cl. The van der Waals surface area contributed by atoms with Crippen LogP contribution in [0.3, 0.4) is 0 Å². The molecule has 0 radical (unpaired) electrons. The molecule has 0 bridgehead atoms. The van der Waals surface area contributed by atoms with Crippen molar-refractivity contribution in [2.75, 3.05) is 20.6 Å². The number of hydrogen-bond donors (Lipinski definition) is 0. The van der Waals surface area contributed by atoms with Crippen LogP contribution < -0.4 is 0 Å². The van der Waals surface area contributed by atoms with E-state index >= 15 is 0 Å². The van der Waals surface area contributed by atoms with E-state index in [2.05, 4.69) is 54.8 Å². The highest BCUT2D eigenvalue weighted by Gasteiger charge is 2.10. The molecule has 0 atom stereocenters. The summed E-state index contributed by atoms with van der Waals surface area (Å²) in [4.78, 5) is 7.23. The molecule has 2 aromatic rings. The molecule has 0 aliphatic rings. The lowest BCUT2D eigenvalue weighted by atomic mass is 10.0. The van der Waals surface area contributed by atoms with Crippen LogP contribution in [0.2, 0.25) is 0 Å². The lowest BCUT2D eigenvalue weighted by Gasteiger charge is -2.12. The van der Waals surface area contributed by atoms with Crippen molar-refractivity contribution < 1.29 is 0 Å². The van der Waals surface area contributed by atoms with Crippen molar-refractivity contribution >= 4 is 23.4 Å². The minimum atomic E-state index is 0. The molecule has 33 heavy (non-hydrogen) atoms. The molecular formula is C29H52ClN3. The Labute approximate surface area is 211 Å². The van der Waals surface area contributed by atoms with Crippen molar-refractivity contribution in [2.45, 2.75) is 123 Å². The monoisotopic (exact) mass is 477 g/mol. The Bertz CT molecular complexity index is 710. The molecule has 4 heteroatoms. The summed E-state index contributed by atoms with van der Waals surface area (Å²) in [5.41, 5.74) is 2.47. The fraction of sp³-hybridized carbons (Fsp3) is 0.759. The Morgan fingerprint density at radius 2 is 1.21 bits per heavy atom. The van der Waals surface area contributed by atoms with E-state index < -0.39 is 0 Å². The quantitative estimate of drug-likeness (QED) is 0.177. The number of benzene rings is 1. The minimum Gasteiger partial charge on any atom is -0.328 e. The molecule has 0 saturated carbocycles. The molecule has 190 valence electrons. The van der Waals surface area contributed by atoms with E-state index in [4.69, 9.17) is 4.98 Å². The van der Waals surface area contributed by atoms with Crippen molar-refractivity contribution in [3.05, 3.63) is 30.1 Å². The van der Waals surface area contributed by atoms with Crippen LogP contribution in [-0.2, 0) is 13.0 Å². The predicted octanol–water partition coefficient (Wildman–Crippen LogP) is 8.82. The summed E-state index contributed by atoms with van der Waals surface area (Å²) in [6.07, 6.45) is 23.6. The first-order valence-corrected chi connectivity index (χ1v) is 13.8. The number of aromatic nitrogens is 2. The van der Waals surface area contributed by atoms with E-state index in [1.165, 1.54) is 114 Å². The maximum Gasteiger partial charge on any atom is 0.109 e. The first-order valence-electron chi connectivity index (χ1n) is 13.8. The number of aryl methyl sites for hydroxylation is 2. The fourth-order valence-corrected chi connectivity index (χ4v) is 4.77. The average Bonchev–Trinajstić information content (AvgIpc) is 3.13. The summed E-state index contributed by atoms with van der Waals surface area (Å²) in [7, 11) is 4.31. The zero-order valence-corrected chi connectivity index (χ0v) is 22.8. The molecular weight excluding hydrogens is 426 g/mol. The molecule has 3 nitrogen and oxygen atoms in total. The molecule has 1 aromatic carbocycles. The standard InChI is InChI=1S/C29H51N3.ClH/c1-4-5-6-7-8-9-10-11-12-13-14-15-16-17-18-24-29-30-27-22-19-20-23-28(27)32(29)26-21-25-31(2)3;/h19-20,22-23H,4-18,21,24-26H2,1-3H3;1H. The van der Waals surface area contributed by atoms with Gasteiger partial charge in [-0.3, -0.25) is 0 Å². The lowest BCUT2D eigenvalue weighted by Crippen LogP contribution is -2.16. The van der Waals surface area contributed by atoms with Crippen LogP contribution in [0.25, 0.3) is 11.0 Å². The zero-order chi connectivity index (χ0) is 22.9. The Balaban J connectivity index is 0.00000544. The average molecular weight is 478 g/mol. The van der Waals surface area contributed by atoms with Gasteiger partial charge in [0.25, 0.3) is 0 Å². The first-order chi connectivity index (χ1) is 15.7. The highest BCUT2D eigenvalue weighted by Crippen LogP contribution is 2.19. The number of halogens is 1. The van der Waals surface area contributed by atoms with Crippen molar-refractivity contribution in [3.63, 3.8) is 0 Å². The molecule has 0 fully saturated rings. The maximum absolute atomic E-state index is 4.96. The van der Waals surface area contributed by atoms with Crippen molar-refractivity contribution in [1.82, 2.24) is 14.5 Å². The first kappa shape index (κ1) is 30.0. The van der Waals surface area contributed by atoms with Gasteiger partial charge in [-0.05, 0) is 45.6 Å². The summed E-state index contributed by atoms with van der Waals surface area (Å²) in [5.74, 6) is 1.29. The molecule has 0 unspecified atom stereocenters. The van der Waals surface area contributed by atoms with Crippen LogP contribution in [-0.4, -0.2) is 35.1 Å². The van der Waals surface area contributed by atoms with Crippen LogP contribution in [0.4, 0.5) is 0 Å². The molecule has 1 aromatic heterocycles. The molecule has 0 spiro atoms. The number of nitrogens with zero attached hydrogens (tertiary/aromatic N) is 3. The minimum absolute atomic E-state index is 0. The second-order valence-corrected chi connectivity index (χ2v) is 10.0. The van der Waals surface area contributed by atoms with Crippen LogP contribution in [0.1, 0.15) is 115 Å². The zero-order valence-electron chi connectivity index (χ0n) is 22.0. The van der Waals surface area contributed by atoms with Crippen molar-refractivity contribution in [2.24, 2.45) is 0 Å². The molecule has 0 saturated heterocycles. The van der Waals surface area contributed by atoms with Gasteiger partial charge in [0.15, 0.2) is 0 Å². The van der Waals surface area contributed by atoms with Crippen molar-refractivity contribution in [1.29, 1.82) is 0 Å². The summed E-state index contributed by atoms with van der Waals surface area (Å²) in [6, 6.07) is 8.64. The van der Waals surface area contributed by atoms with Gasteiger partial charge in [0, 0.05) is 13.0 Å². The number of fused-ring (bicyclic) bond motifs is 1. The van der Waals surface area contributed by atoms with Crippen LogP contribution in [0.5, 0.6) is 0 Å². The van der Waals surface area contributed by atoms with E-state index in [-0.39, 0.29) is 12.4 Å². The molecule has 1 heterocycles. The molecule has 0 aliphatic carbocycles. The summed E-state index contributed by atoms with van der Waals surface area (Å²) in [5, 5.41) is 0. The van der Waals surface area contributed by atoms with E-state index in [1.807, 2.05) is 0 Å². The van der Waals surface area contributed by atoms with E-state index in [0.29, 0.717) is 0 Å². The van der Waals surface area contributed by atoms with E-state index in [0.717, 1.165) is 25.0 Å². The Hall–Kier alpha value is -1.06. The molecule has 0 aliphatic heterocycles. The highest BCUT2D eigenvalue weighted by atomic mass is 35.5. The Morgan fingerprint density at radius 1 is 0.697 bits per heavy atom. The van der Waals surface area contributed by atoms with E-state index in [1.54, 1.807) is 0 Å². The number of para-hydroxylation sites is 2. The van der Waals surface area contributed by atoms with Crippen LogP contribution in [0.15, 0.2) is 24.3 Å². The Kier molecular flexibility index (Phi) is 17.5. The van der Waals surface area contributed by atoms with Gasteiger partial charge in [0.1, 0.15) is 5.82 Å². The normalized spacial score (nSPS) is 11.4. The summed E-state index contributed by atoms with van der Waals surface area (Å²) in [6.45, 7) is 4.50. The van der Waals surface area contributed by atoms with Gasteiger partial charge in [-0.15, -0.1) is 12.4 Å². The van der Waals surface area contributed by atoms with Gasteiger partial charge in [0.2, 0.25) is 0 Å². The third-order valence-corrected chi connectivity index (χ3v) is 6.72. The van der Waals surface area contributed by atoms with Gasteiger partial charge in [-0.25, -0.2) is 4.98 Å². The largest absolute Gasteiger partial charge is 0.328 e. The third-order valence-electron chi connectivity index (χ3n) is 6.72. The molecule has 2 rings (SSSR count). The number of hydrogen-bond acceptors (Lipinski definition) is 2. The van der Waals surface area contributed by atoms with Gasteiger partial charge < -0.3 is 9.47 Å². The van der Waals surface area contributed by atoms with E-state index in [9.17, 15) is 0 Å². The van der Waals surface area contributed by atoms with Gasteiger partial charge in [-0.2, -0.15) is 0 Å². The summed E-state index contributed by atoms with van der Waals surface area (Å²) >= 11 is 0. The number of unbranched alkanes of at least 4 members (excludes halogenated alkanes) is 14. The van der Waals surface area contributed by atoms with Crippen LogP contribution >= 0.6 is 12.4 Å². The van der Waals surface area contributed by atoms with Gasteiger partial charge in [0.05, 0.1) is 11.0 Å². The fourth-order valence-electron chi connectivity index (χ4n) is 4.77. The maximum atomic E-state index is 4.96. The number of imidazole rings is 1. The lowest BCUT2D eigenvalue weighted by molar-refractivity contribution is 0.386. The second-order valence-electron chi connectivity index (χ2n) is 10.0. The van der Waals surface area contributed by atoms with Gasteiger partial charge >= 0.3 is 0 Å². The van der Waals surface area contributed by atoms with Gasteiger partial charge in [-0.1, -0.05) is 109 Å². The second kappa shape index (κ2) is 19.3. The molecule has 0 amide bonds. The number of rotatable bonds is 20. The van der Waals surface area contributed by atoms with Crippen molar-refractivity contribution in [3.8, 4) is 0 Å². The Morgan fingerprint density at radius 3 is 1.76 bits per heavy atom. The smallest absolute Gasteiger partial charge is 0.109 e. The highest BCUT2D eigenvalue weighted by molar-refractivity contribution is 5.85. The topological polar surface area (TPSA) is 21.1 Å². The third kappa shape index (κ3) is 12.8.